The molecule has 18 heavy (non-hydrogen) atoms. The summed E-state index contributed by atoms with van der Waals surface area (Å²) in [7, 11) is -3.25. The van der Waals surface area contributed by atoms with Gasteiger partial charge in [-0.2, -0.15) is 0 Å². The molecule has 96 valence electrons. The first-order valence-electron chi connectivity index (χ1n) is 6.08. The van der Waals surface area contributed by atoms with Gasteiger partial charge in [0.2, 0.25) is 10.0 Å². The molecule has 0 radical (unpaired) electrons. The smallest absolute Gasteiger partial charge is 0.229 e. The van der Waals surface area contributed by atoms with E-state index in [0.717, 1.165) is 24.0 Å². The summed E-state index contributed by atoms with van der Waals surface area (Å²) in [6.07, 6.45) is 11.2. The van der Waals surface area contributed by atoms with E-state index in [1.165, 1.54) is 19.1 Å². The van der Waals surface area contributed by atoms with Gasteiger partial charge in [0, 0.05) is 5.56 Å². The van der Waals surface area contributed by atoms with Crippen molar-refractivity contribution in [3.8, 4) is 12.3 Å². The fraction of sp³-hybridized carbons (Fsp3) is 0.429. The van der Waals surface area contributed by atoms with Crippen LogP contribution in [0, 0.1) is 12.3 Å². The number of nitrogens with one attached hydrogen (secondary N) is 1. The van der Waals surface area contributed by atoms with Crippen molar-refractivity contribution in [1.29, 1.82) is 0 Å². The molecule has 1 N–H and O–H groups in total. The molecule has 0 unspecified atom stereocenters. The zero-order valence-electron chi connectivity index (χ0n) is 10.4. The first-order chi connectivity index (χ1) is 8.49. The summed E-state index contributed by atoms with van der Waals surface area (Å²) in [6, 6.07) is 5.47. The lowest BCUT2D eigenvalue weighted by Gasteiger charge is -2.16. The molecule has 0 aromatic heterocycles. The van der Waals surface area contributed by atoms with Gasteiger partial charge in [-0.05, 0) is 42.5 Å². The molecular formula is C14H17NO2S. The molecule has 2 rings (SSSR count). The van der Waals surface area contributed by atoms with Gasteiger partial charge in [0.15, 0.2) is 0 Å². The number of rotatable bonds is 3. The monoisotopic (exact) mass is 263 g/mol. The Morgan fingerprint density at radius 3 is 2.56 bits per heavy atom. The van der Waals surface area contributed by atoms with Crippen LogP contribution in [0.2, 0.25) is 0 Å². The van der Waals surface area contributed by atoms with Crippen molar-refractivity contribution >= 4 is 15.7 Å². The second-order valence-electron chi connectivity index (χ2n) is 4.80. The van der Waals surface area contributed by atoms with Gasteiger partial charge in [-0.25, -0.2) is 8.42 Å². The summed E-state index contributed by atoms with van der Waals surface area (Å²) in [5.74, 6) is 3.02. The van der Waals surface area contributed by atoms with Crippen molar-refractivity contribution in [3.05, 3.63) is 29.3 Å². The molecule has 1 aromatic carbocycles. The Morgan fingerprint density at radius 2 is 2.00 bits per heavy atom. The van der Waals surface area contributed by atoms with Crippen molar-refractivity contribution in [3.63, 3.8) is 0 Å². The zero-order valence-corrected chi connectivity index (χ0v) is 11.3. The number of sulfonamides is 1. The highest BCUT2D eigenvalue weighted by molar-refractivity contribution is 7.92. The van der Waals surface area contributed by atoms with E-state index in [0.29, 0.717) is 11.6 Å². The zero-order chi connectivity index (χ0) is 13.2. The largest absolute Gasteiger partial charge is 0.283 e. The Kier molecular flexibility index (Phi) is 3.63. The van der Waals surface area contributed by atoms with E-state index in [1.807, 2.05) is 6.07 Å². The first-order valence-corrected chi connectivity index (χ1v) is 7.97. The summed E-state index contributed by atoms with van der Waals surface area (Å²) < 4.78 is 25.3. The molecule has 0 aliphatic heterocycles. The number of terminal acetylenes is 1. The van der Waals surface area contributed by atoms with Gasteiger partial charge in [0.05, 0.1) is 11.9 Å². The highest BCUT2D eigenvalue weighted by Crippen LogP contribution is 2.38. The fourth-order valence-electron chi connectivity index (χ4n) is 2.52. The van der Waals surface area contributed by atoms with Gasteiger partial charge in [-0.15, -0.1) is 6.42 Å². The molecule has 0 saturated heterocycles. The van der Waals surface area contributed by atoms with Crippen LogP contribution < -0.4 is 4.72 Å². The van der Waals surface area contributed by atoms with Crippen LogP contribution in [0.3, 0.4) is 0 Å². The molecule has 0 atom stereocenters. The standard InChI is InChI=1S/C14H17NO2S/c1-3-11-8-9-14(15-18(2,16)17)13(10-11)12-6-4-5-7-12/h1,8-10,12,15H,4-7H2,2H3. The molecule has 4 heteroatoms. The third kappa shape index (κ3) is 3.05. The van der Waals surface area contributed by atoms with Gasteiger partial charge in [-0.3, -0.25) is 4.72 Å². The van der Waals surface area contributed by atoms with E-state index in [9.17, 15) is 8.42 Å². The molecule has 1 fully saturated rings. The average molecular weight is 263 g/mol. The third-order valence-electron chi connectivity index (χ3n) is 3.31. The van der Waals surface area contributed by atoms with Crippen LogP contribution in [0.4, 0.5) is 5.69 Å². The summed E-state index contributed by atoms with van der Waals surface area (Å²) in [4.78, 5) is 0. The summed E-state index contributed by atoms with van der Waals surface area (Å²) >= 11 is 0. The molecule has 0 spiro atoms. The van der Waals surface area contributed by atoms with Crippen LogP contribution in [-0.4, -0.2) is 14.7 Å². The van der Waals surface area contributed by atoms with E-state index < -0.39 is 10.0 Å². The Hall–Kier alpha value is -1.47. The van der Waals surface area contributed by atoms with E-state index in [2.05, 4.69) is 10.6 Å². The van der Waals surface area contributed by atoms with Crippen molar-refractivity contribution < 1.29 is 8.42 Å². The maximum Gasteiger partial charge on any atom is 0.229 e. The van der Waals surface area contributed by atoms with E-state index in [1.54, 1.807) is 12.1 Å². The second-order valence-corrected chi connectivity index (χ2v) is 6.55. The van der Waals surface area contributed by atoms with Crippen molar-refractivity contribution in [2.24, 2.45) is 0 Å². The summed E-state index contributed by atoms with van der Waals surface area (Å²) in [5, 5.41) is 0. The van der Waals surface area contributed by atoms with Crippen molar-refractivity contribution in [2.75, 3.05) is 11.0 Å². The SMILES string of the molecule is C#Cc1ccc(NS(C)(=O)=O)c(C2CCCC2)c1. The van der Waals surface area contributed by atoms with Crippen molar-refractivity contribution in [1.82, 2.24) is 0 Å². The minimum absolute atomic E-state index is 0.419. The predicted octanol–water partition coefficient (Wildman–Crippen LogP) is 2.70. The van der Waals surface area contributed by atoms with E-state index in [4.69, 9.17) is 6.42 Å². The lowest BCUT2D eigenvalue weighted by molar-refractivity contribution is 0.606. The first kappa shape index (κ1) is 13.0. The Bertz CT molecular complexity index is 578. The maximum absolute atomic E-state index is 11.4. The van der Waals surface area contributed by atoms with E-state index in [-0.39, 0.29) is 0 Å². The fourth-order valence-corrected chi connectivity index (χ4v) is 3.11. The minimum atomic E-state index is -3.25. The molecule has 0 bridgehead atoms. The van der Waals surface area contributed by atoms with Gasteiger partial charge in [0.25, 0.3) is 0 Å². The molecule has 1 saturated carbocycles. The molecule has 0 amide bonds. The van der Waals surface area contributed by atoms with Crippen molar-refractivity contribution in [2.45, 2.75) is 31.6 Å². The Balaban J connectivity index is 2.41. The molecule has 0 heterocycles. The average Bonchev–Trinajstić information content (AvgIpc) is 2.81. The quantitative estimate of drug-likeness (QED) is 0.852. The van der Waals surface area contributed by atoms with Crippen LogP contribution in [0.25, 0.3) is 0 Å². The van der Waals surface area contributed by atoms with Crippen LogP contribution >= 0.6 is 0 Å². The highest BCUT2D eigenvalue weighted by atomic mass is 32.2. The Labute approximate surface area is 109 Å². The number of hydrogen-bond donors (Lipinski definition) is 1. The minimum Gasteiger partial charge on any atom is -0.283 e. The molecular weight excluding hydrogens is 246 g/mol. The van der Waals surface area contributed by atoms with Crippen LogP contribution in [0.15, 0.2) is 18.2 Å². The lowest BCUT2D eigenvalue weighted by atomic mass is 9.94. The summed E-state index contributed by atoms with van der Waals surface area (Å²) in [6.45, 7) is 0. The number of benzene rings is 1. The van der Waals surface area contributed by atoms with Gasteiger partial charge in [0.1, 0.15) is 0 Å². The molecule has 3 nitrogen and oxygen atoms in total. The maximum atomic E-state index is 11.4. The third-order valence-corrected chi connectivity index (χ3v) is 3.90. The molecule has 1 aliphatic carbocycles. The van der Waals surface area contributed by atoms with Gasteiger partial charge in [-0.1, -0.05) is 18.8 Å². The van der Waals surface area contributed by atoms with Gasteiger partial charge >= 0.3 is 0 Å². The normalized spacial score (nSPS) is 16.4. The predicted molar refractivity (Wildman–Crippen MR) is 74.1 cm³/mol. The highest BCUT2D eigenvalue weighted by Gasteiger charge is 2.21. The van der Waals surface area contributed by atoms with Crippen LogP contribution in [0.1, 0.15) is 42.7 Å². The molecule has 1 aromatic rings. The van der Waals surface area contributed by atoms with Gasteiger partial charge < -0.3 is 0 Å². The second kappa shape index (κ2) is 5.03. The lowest BCUT2D eigenvalue weighted by Crippen LogP contribution is -2.12. The van der Waals surface area contributed by atoms with Crippen LogP contribution in [-0.2, 0) is 10.0 Å². The number of anilines is 1. The Morgan fingerprint density at radius 1 is 1.33 bits per heavy atom. The van der Waals surface area contributed by atoms with E-state index >= 15 is 0 Å². The molecule has 1 aliphatic rings. The summed E-state index contributed by atoms with van der Waals surface area (Å²) in [5.41, 5.74) is 2.51. The van der Waals surface area contributed by atoms with Crippen LogP contribution in [0.5, 0.6) is 0 Å². The number of hydrogen-bond acceptors (Lipinski definition) is 2. The topological polar surface area (TPSA) is 46.2 Å².